The largest absolute Gasteiger partial charge is 0.325 e. The van der Waals surface area contributed by atoms with Crippen LogP contribution in [0.15, 0.2) is 48.7 Å². The van der Waals surface area contributed by atoms with Crippen molar-refractivity contribution in [3.8, 4) is 0 Å². The highest BCUT2D eigenvalue weighted by Crippen LogP contribution is 2.29. The van der Waals surface area contributed by atoms with Gasteiger partial charge in [-0.3, -0.25) is 4.98 Å². The number of benzene rings is 1. The molecular formula is C21H26N4. The molecule has 130 valence electrons. The first-order valence-electron chi connectivity index (χ1n) is 9.43. The van der Waals surface area contributed by atoms with Crippen LogP contribution in [-0.2, 0) is 12.8 Å². The van der Waals surface area contributed by atoms with Crippen LogP contribution in [0, 0.1) is 0 Å². The van der Waals surface area contributed by atoms with Crippen LogP contribution >= 0.6 is 0 Å². The smallest absolute Gasteiger partial charge is 0.109 e. The van der Waals surface area contributed by atoms with Crippen molar-refractivity contribution in [2.24, 2.45) is 0 Å². The molecule has 1 aliphatic heterocycles. The zero-order valence-corrected chi connectivity index (χ0v) is 14.9. The first-order chi connectivity index (χ1) is 12.3. The minimum atomic E-state index is 0.577. The van der Waals surface area contributed by atoms with Crippen LogP contribution in [0.4, 0.5) is 0 Å². The Morgan fingerprint density at radius 2 is 1.84 bits per heavy atom. The summed E-state index contributed by atoms with van der Waals surface area (Å²) in [5, 5.41) is 0. The van der Waals surface area contributed by atoms with Crippen molar-refractivity contribution >= 4 is 11.0 Å². The number of imidazole rings is 1. The van der Waals surface area contributed by atoms with E-state index in [2.05, 4.69) is 57.8 Å². The number of likely N-dealkylation sites (tertiary alicyclic amines) is 1. The lowest BCUT2D eigenvalue weighted by Crippen LogP contribution is -2.36. The molecule has 0 radical (unpaired) electrons. The van der Waals surface area contributed by atoms with E-state index < -0.39 is 0 Å². The van der Waals surface area contributed by atoms with Crippen molar-refractivity contribution in [3.63, 3.8) is 0 Å². The monoisotopic (exact) mass is 334 g/mol. The van der Waals surface area contributed by atoms with Gasteiger partial charge < -0.3 is 9.47 Å². The second-order valence-electron chi connectivity index (χ2n) is 6.88. The van der Waals surface area contributed by atoms with Gasteiger partial charge in [0.15, 0.2) is 0 Å². The summed E-state index contributed by atoms with van der Waals surface area (Å²) in [4.78, 5) is 11.9. The van der Waals surface area contributed by atoms with Crippen LogP contribution < -0.4 is 0 Å². The fourth-order valence-electron chi connectivity index (χ4n) is 3.97. The minimum absolute atomic E-state index is 0.577. The number of nitrogens with zero attached hydrogens (tertiary/aromatic N) is 4. The van der Waals surface area contributed by atoms with Gasteiger partial charge in [0.1, 0.15) is 5.82 Å². The number of para-hydroxylation sites is 2. The molecule has 0 unspecified atom stereocenters. The van der Waals surface area contributed by atoms with E-state index in [1.165, 1.54) is 29.9 Å². The average Bonchev–Trinajstić information content (AvgIpc) is 3.06. The summed E-state index contributed by atoms with van der Waals surface area (Å²) in [5.41, 5.74) is 3.63. The van der Waals surface area contributed by atoms with E-state index in [-0.39, 0.29) is 0 Å². The molecule has 25 heavy (non-hydrogen) atoms. The van der Waals surface area contributed by atoms with Crippen molar-refractivity contribution in [2.45, 2.75) is 38.6 Å². The third kappa shape index (κ3) is 3.45. The van der Waals surface area contributed by atoms with E-state index >= 15 is 0 Å². The van der Waals surface area contributed by atoms with Crippen molar-refractivity contribution in [1.29, 1.82) is 0 Å². The Morgan fingerprint density at radius 1 is 1.04 bits per heavy atom. The predicted molar refractivity (Wildman–Crippen MR) is 102 cm³/mol. The number of pyridine rings is 1. The van der Waals surface area contributed by atoms with Crippen LogP contribution in [0.25, 0.3) is 11.0 Å². The summed E-state index contributed by atoms with van der Waals surface area (Å²) in [7, 11) is 0. The molecule has 1 fully saturated rings. The standard InChI is InChI=1S/C21H26N4/c1-2-21-23-19-8-3-4-9-20(19)25(21)18-11-15-24(16-12-18)14-10-17-7-5-6-13-22-17/h3-9,13,18H,2,10-12,14-16H2,1H3. The summed E-state index contributed by atoms with van der Waals surface area (Å²) >= 11 is 0. The molecule has 1 aromatic carbocycles. The number of aromatic nitrogens is 3. The van der Waals surface area contributed by atoms with Gasteiger partial charge in [0, 0.05) is 50.4 Å². The normalized spacial score (nSPS) is 16.5. The summed E-state index contributed by atoms with van der Waals surface area (Å²) in [6.45, 7) is 5.63. The quantitative estimate of drug-likeness (QED) is 0.710. The van der Waals surface area contributed by atoms with Gasteiger partial charge in [-0.15, -0.1) is 0 Å². The van der Waals surface area contributed by atoms with Crippen molar-refractivity contribution in [1.82, 2.24) is 19.4 Å². The highest BCUT2D eigenvalue weighted by Gasteiger charge is 2.23. The van der Waals surface area contributed by atoms with Gasteiger partial charge in [-0.05, 0) is 37.1 Å². The molecule has 0 N–H and O–H groups in total. The average molecular weight is 334 g/mol. The minimum Gasteiger partial charge on any atom is -0.325 e. The molecule has 0 atom stereocenters. The molecule has 4 nitrogen and oxygen atoms in total. The molecule has 1 aliphatic rings. The van der Waals surface area contributed by atoms with E-state index in [4.69, 9.17) is 4.98 Å². The number of aryl methyl sites for hydroxylation is 1. The Hall–Kier alpha value is -2.20. The highest BCUT2D eigenvalue weighted by atomic mass is 15.2. The zero-order valence-electron chi connectivity index (χ0n) is 14.9. The molecule has 0 saturated carbocycles. The summed E-state index contributed by atoms with van der Waals surface area (Å²) in [5.74, 6) is 1.23. The Kier molecular flexibility index (Phi) is 4.79. The van der Waals surface area contributed by atoms with E-state index in [0.717, 1.165) is 38.0 Å². The molecule has 3 aromatic rings. The Balaban J connectivity index is 1.42. The molecule has 4 heteroatoms. The van der Waals surface area contributed by atoms with Gasteiger partial charge in [-0.2, -0.15) is 0 Å². The highest BCUT2D eigenvalue weighted by molar-refractivity contribution is 5.76. The van der Waals surface area contributed by atoms with Crippen LogP contribution in [0.1, 0.15) is 37.3 Å². The zero-order chi connectivity index (χ0) is 17.1. The van der Waals surface area contributed by atoms with Crippen LogP contribution in [0.3, 0.4) is 0 Å². The maximum absolute atomic E-state index is 4.84. The first kappa shape index (κ1) is 16.3. The van der Waals surface area contributed by atoms with Crippen LogP contribution in [0.2, 0.25) is 0 Å². The van der Waals surface area contributed by atoms with E-state index in [1.807, 2.05) is 12.3 Å². The molecule has 0 aliphatic carbocycles. The topological polar surface area (TPSA) is 34.0 Å². The molecule has 0 amide bonds. The van der Waals surface area contributed by atoms with Crippen LogP contribution in [0.5, 0.6) is 0 Å². The fourth-order valence-corrected chi connectivity index (χ4v) is 3.97. The summed E-state index contributed by atoms with van der Waals surface area (Å²) in [6.07, 6.45) is 6.33. The van der Waals surface area contributed by atoms with Gasteiger partial charge in [-0.25, -0.2) is 4.98 Å². The van der Waals surface area contributed by atoms with Gasteiger partial charge in [0.2, 0.25) is 0 Å². The third-order valence-electron chi connectivity index (χ3n) is 5.32. The Morgan fingerprint density at radius 3 is 2.60 bits per heavy atom. The van der Waals surface area contributed by atoms with Gasteiger partial charge in [0.05, 0.1) is 11.0 Å². The van der Waals surface area contributed by atoms with Crippen LogP contribution in [-0.4, -0.2) is 39.1 Å². The third-order valence-corrected chi connectivity index (χ3v) is 5.32. The van der Waals surface area contributed by atoms with Crippen molar-refractivity contribution in [2.75, 3.05) is 19.6 Å². The molecular weight excluding hydrogens is 308 g/mol. The number of rotatable bonds is 5. The Bertz CT molecular complexity index is 816. The number of hydrogen-bond donors (Lipinski definition) is 0. The van der Waals surface area contributed by atoms with Crippen molar-refractivity contribution in [3.05, 3.63) is 60.2 Å². The number of piperidine rings is 1. The summed E-state index contributed by atoms with van der Waals surface area (Å²) in [6, 6.07) is 15.3. The molecule has 0 spiro atoms. The molecule has 4 rings (SSSR count). The van der Waals surface area contributed by atoms with Gasteiger partial charge in [-0.1, -0.05) is 25.1 Å². The van der Waals surface area contributed by atoms with Gasteiger partial charge >= 0.3 is 0 Å². The molecule has 2 aromatic heterocycles. The SMILES string of the molecule is CCc1nc2ccccc2n1C1CCN(CCc2ccccn2)CC1. The lowest BCUT2D eigenvalue weighted by molar-refractivity contribution is 0.188. The van der Waals surface area contributed by atoms with E-state index in [0.29, 0.717) is 6.04 Å². The second kappa shape index (κ2) is 7.36. The maximum Gasteiger partial charge on any atom is 0.109 e. The molecule has 1 saturated heterocycles. The van der Waals surface area contributed by atoms with Gasteiger partial charge in [0.25, 0.3) is 0 Å². The van der Waals surface area contributed by atoms with E-state index in [1.54, 1.807) is 0 Å². The Labute approximate surface area is 149 Å². The molecule has 0 bridgehead atoms. The number of fused-ring (bicyclic) bond motifs is 1. The predicted octanol–water partition coefficient (Wildman–Crippen LogP) is 3.87. The lowest BCUT2D eigenvalue weighted by atomic mass is 10.0. The first-order valence-corrected chi connectivity index (χ1v) is 9.43. The van der Waals surface area contributed by atoms with E-state index in [9.17, 15) is 0 Å². The summed E-state index contributed by atoms with van der Waals surface area (Å²) < 4.78 is 2.51. The second-order valence-corrected chi connectivity index (χ2v) is 6.88. The fraction of sp³-hybridized carbons (Fsp3) is 0.429. The lowest BCUT2D eigenvalue weighted by Gasteiger charge is -2.33. The number of hydrogen-bond acceptors (Lipinski definition) is 3. The maximum atomic E-state index is 4.84. The van der Waals surface area contributed by atoms with Crippen molar-refractivity contribution < 1.29 is 0 Å². The molecule has 3 heterocycles.